The highest BCUT2D eigenvalue weighted by Crippen LogP contribution is 2.69. The Hall–Kier alpha value is -3.67. The second-order valence-corrected chi connectivity index (χ2v) is 15.6. The molecule has 0 unspecified atom stereocenters. The Kier molecular flexibility index (Phi) is 5.16. The molecule has 0 atom stereocenters. The number of benzene rings is 8. The van der Waals surface area contributed by atoms with Gasteiger partial charge in [-0.2, -0.15) is 0 Å². The van der Waals surface area contributed by atoms with Gasteiger partial charge in [-0.1, -0.05) is 121 Å². The van der Waals surface area contributed by atoms with Crippen LogP contribution in [0.3, 0.4) is 0 Å². The van der Waals surface area contributed by atoms with Gasteiger partial charge in [0.1, 0.15) is 33.1 Å². The summed E-state index contributed by atoms with van der Waals surface area (Å²) in [5.41, 5.74) is 0. The highest BCUT2D eigenvalue weighted by molar-refractivity contribution is 8.27. The van der Waals surface area contributed by atoms with Crippen LogP contribution in [-0.2, 0) is 0 Å². The third kappa shape index (κ3) is 3.30. The van der Waals surface area contributed by atoms with Gasteiger partial charge in [0.2, 0.25) is 0 Å². The van der Waals surface area contributed by atoms with Crippen LogP contribution in [0, 0.1) is 0 Å². The average Bonchev–Trinajstić information content (AvgIpc) is 3.00. The first-order chi connectivity index (χ1) is 19.1. The van der Waals surface area contributed by atoms with E-state index >= 15 is 0 Å². The maximum Gasteiger partial charge on any atom is 0.276 e. The predicted molar refractivity (Wildman–Crippen MR) is 176 cm³/mol. The van der Waals surface area contributed by atoms with E-state index < -0.39 is 5.97 Å². The monoisotopic (exact) mass is 555 g/mol. The van der Waals surface area contributed by atoms with Gasteiger partial charge >= 0.3 is 0 Å². The summed E-state index contributed by atoms with van der Waals surface area (Å²) in [7, 11) is 0. The van der Waals surface area contributed by atoms with Crippen LogP contribution >= 0.6 is 28.4 Å². The first-order valence-corrected chi connectivity index (χ1v) is 16.7. The molecule has 0 aliphatic rings. The molecule has 0 fully saturated rings. The lowest BCUT2D eigenvalue weighted by molar-refractivity contribution is 1.78. The van der Waals surface area contributed by atoms with Gasteiger partial charge in [-0.25, -0.2) is 0 Å². The fourth-order valence-corrected chi connectivity index (χ4v) is 10.0. The van der Waals surface area contributed by atoms with Crippen molar-refractivity contribution in [3.05, 3.63) is 133 Å². The molecule has 0 heterocycles. The summed E-state index contributed by atoms with van der Waals surface area (Å²) in [4.78, 5) is 0. The van der Waals surface area contributed by atoms with Crippen molar-refractivity contribution in [3.8, 4) is 0 Å². The Labute approximate surface area is 236 Å². The average molecular weight is 556 g/mol. The normalized spacial score (nSPS) is 12.4. The van der Waals surface area contributed by atoms with Crippen LogP contribution in [0.25, 0.3) is 64.6 Å². The Morgan fingerprint density at radius 1 is 0.282 bits per heavy atom. The van der Waals surface area contributed by atoms with Crippen molar-refractivity contribution in [2.75, 3.05) is 0 Å². The zero-order chi connectivity index (χ0) is 26.1. The van der Waals surface area contributed by atoms with Gasteiger partial charge in [0.05, 0.1) is 0 Å². The van der Waals surface area contributed by atoms with E-state index in [0.717, 1.165) is 21.4 Å². The molecular weight excluding hydrogens is 534 g/mol. The van der Waals surface area contributed by atoms with Crippen molar-refractivity contribution >= 4 is 104 Å². The van der Waals surface area contributed by atoms with E-state index in [0.29, 0.717) is 0 Å². The third-order valence-electron chi connectivity index (χ3n) is 8.10. The van der Waals surface area contributed by atoms with Crippen molar-refractivity contribution in [2.45, 2.75) is 0 Å². The number of hydrogen-bond donors (Lipinski definition) is 0. The van der Waals surface area contributed by atoms with Crippen LogP contribution in [-0.4, -0.2) is 0 Å². The van der Waals surface area contributed by atoms with Gasteiger partial charge in [0.15, 0.2) is 0 Å². The molecule has 0 nitrogen and oxygen atoms in total. The highest BCUT2D eigenvalue weighted by Gasteiger charge is 2.45. The molecule has 0 radical (unpaired) electrons. The summed E-state index contributed by atoms with van der Waals surface area (Å²) >= 11 is 15.4. The SMILES string of the molecule is Cl[P+](Cl)(c1cccc2c3ccccc3c3ccccc3c12)c1cccc2c3ccccc3c3ccccc3c12. The van der Waals surface area contributed by atoms with Gasteiger partial charge in [-0.3, -0.25) is 0 Å². The number of fused-ring (bicyclic) bond motifs is 12. The summed E-state index contributed by atoms with van der Waals surface area (Å²) in [6, 6.07) is 47.4. The van der Waals surface area contributed by atoms with Crippen LogP contribution < -0.4 is 10.6 Å². The van der Waals surface area contributed by atoms with E-state index in [1.165, 1.54) is 53.9 Å². The van der Waals surface area contributed by atoms with Crippen molar-refractivity contribution in [1.29, 1.82) is 0 Å². The van der Waals surface area contributed by atoms with Crippen molar-refractivity contribution in [3.63, 3.8) is 0 Å². The quantitative estimate of drug-likeness (QED) is 0.147. The maximum absolute atomic E-state index is 7.72. The molecular formula is C36H22Cl2P+. The first-order valence-electron chi connectivity index (χ1n) is 13.1. The second-order valence-electron chi connectivity index (χ2n) is 10.1. The Morgan fingerprint density at radius 2 is 0.513 bits per heavy atom. The van der Waals surface area contributed by atoms with E-state index in [-0.39, 0.29) is 0 Å². The molecule has 0 aliphatic carbocycles. The predicted octanol–water partition coefficient (Wildman–Crippen LogP) is 10.9. The first kappa shape index (κ1) is 23.2. The van der Waals surface area contributed by atoms with Gasteiger partial charge < -0.3 is 0 Å². The molecule has 184 valence electrons. The number of hydrogen-bond acceptors (Lipinski definition) is 0. The van der Waals surface area contributed by atoms with Crippen LogP contribution in [0.4, 0.5) is 0 Å². The fraction of sp³-hybridized carbons (Fsp3) is 0. The van der Waals surface area contributed by atoms with Gasteiger partial charge in [-0.15, -0.1) is 0 Å². The van der Waals surface area contributed by atoms with Crippen LogP contribution in [0.1, 0.15) is 0 Å². The smallest absolute Gasteiger partial charge is 0.0616 e. The largest absolute Gasteiger partial charge is 0.276 e. The summed E-state index contributed by atoms with van der Waals surface area (Å²) in [6.45, 7) is 0. The van der Waals surface area contributed by atoms with Gasteiger partial charge in [-0.05, 0) is 66.0 Å². The van der Waals surface area contributed by atoms with Crippen molar-refractivity contribution in [2.24, 2.45) is 0 Å². The van der Waals surface area contributed by atoms with E-state index in [1.54, 1.807) is 0 Å². The van der Waals surface area contributed by atoms with E-state index in [4.69, 9.17) is 22.5 Å². The van der Waals surface area contributed by atoms with Crippen LogP contribution in [0.2, 0.25) is 0 Å². The van der Waals surface area contributed by atoms with E-state index in [9.17, 15) is 0 Å². The Morgan fingerprint density at radius 3 is 0.821 bits per heavy atom. The van der Waals surface area contributed by atoms with Crippen molar-refractivity contribution in [1.82, 2.24) is 0 Å². The topological polar surface area (TPSA) is 0 Å². The summed E-state index contributed by atoms with van der Waals surface area (Å²) in [6.07, 6.45) is 0. The van der Waals surface area contributed by atoms with E-state index in [1.807, 2.05) is 0 Å². The molecule has 8 rings (SSSR count). The molecule has 0 spiro atoms. The highest BCUT2D eigenvalue weighted by atomic mass is 35.9. The fourth-order valence-electron chi connectivity index (χ4n) is 6.47. The zero-order valence-corrected chi connectivity index (χ0v) is 23.3. The Bertz CT molecular complexity index is 2020. The molecule has 0 bridgehead atoms. The second kappa shape index (κ2) is 8.67. The lowest BCUT2D eigenvalue weighted by Gasteiger charge is -2.19. The molecule has 0 saturated carbocycles. The zero-order valence-electron chi connectivity index (χ0n) is 20.9. The molecule has 0 aliphatic heterocycles. The lowest BCUT2D eigenvalue weighted by atomic mass is 9.94. The van der Waals surface area contributed by atoms with Crippen molar-refractivity contribution < 1.29 is 0 Å². The molecule has 0 saturated heterocycles. The minimum Gasteiger partial charge on any atom is -0.0616 e. The maximum atomic E-state index is 7.72. The molecule has 0 aromatic heterocycles. The van der Waals surface area contributed by atoms with Gasteiger partial charge in [0, 0.05) is 10.8 Å². The minimum atomic E-state index is -2.86. The molecule has 0 amide bonds. The molecule has 3 heteroatoms. The summed E-state index contributed by atoms with van der Waals surface area (Å²) in [5.74, 6) is -2.86. The molecule has 8 aromatic carbocycles. The lowest BCUT2D eigenvalue weighted by Crippen LogP contribution is -2.16. The van der Waals surface area contributed by atoms with Crippen LogP contribution in [0.15, 0.2) is 133 Å². The van der Waals surface area contributed by atoms with Gasteiger partial charge in [0.25, 0.3) is 5.97 Å². The van der Waals surface area contributed by atoms with E-state index in [2.05, 4.69) is 133 Å². The Balaban J connectivity index is 1.55. The summed E-state index contributed by atoms with van der Waals surface area (Å²) in [5, 5.41) is 16.4. The minimum absolute atomic E-state index is 1.01. The number of halogens is 2. The molecule has 8 aromatic rings. The summed E-state index contributed by atoms with van der Waals surface area (Å²) < 4.78 is 0. The molecule has 39 heavy (non-hydrogen) atoms. The number of rotatable bonds is 2. The third-order valence-corrected chi connectivity index (χ3v) is 12.2. The molecule has 0 N–H and O–H groups in total. The van der Waals surface area contributed by atoms with Crippen LogP contribution in [0.5, 0.6) is 0 Å². The standard InChI is InChI=1S/C36H22Cl2P/c37-39(38,33-21-9-19-31-27-13-3-1-11-23(27)25-15-5-7-17-29(25)35(31)33)34-22-10-20-32-28-14-4-2-12-24(28)26-16-6-8-18-30(26)36(32)34/h1-22H/q+1.